The van der Waals surface area contributed by atoms with E-state index in [0.717, 1.165) is 25.8 Å². The van der Waals surface area contributed by atoms with Crippen molar-refractivity contribution in [2.75, 3.05) is 19.6 Å². The van der Waals surface area contributed by atoms with Crippen LogP contribution >= 0.6 is 0 Å². The largest absolute Gasteiger partial charge is 0.337 e. The van der Waals surface area contributed by atoms with Crippen LogP contribution in [0.1, 0.15) is 36.5 Å². The van der Waals surface area contributed by atoms with Crippen molar-refractivity contribution in [1.29, 1.82) is 0 Å². The van der Waals surface area contributed by atoms with E-state index in [0.29, 0.717) is 19.1 Å². The quantitative estimate of drug-likeness (QED) is 0.832. The topological polar surface area (TPSA) is 65.2 Å². The van der Waals surface area contributed by atoms with Crippen LogP contribution in [-0.2, 0) is 0 Å². The zero-order valence-corrected chi connectivity index (χ0v) is 11.3. The Balaban J connectivity index is 2.11. The van der Waals surface area contributed by atoms with E-state index in [1.807, 2.05) is 6.92 Å². The Bertz CT molecular complexity index is 478. The van der Waals surface area contributed by atoms with Crippen LogP contribution in [0.3, 0.4) is 0 Å². The Kier molecular flexibility index (Phi) is 4.74. The highest BCUT2D eigenvalue weighted by atomic mass is 16.2. The lowest BCUT2D eigenvalue weighted by atomic mass is 10.2. The number of nitrogens with one attached hydrogen (secondary N) is 2. The molecule has 1 aliphatic heterocycles. The second-order valence-corrected chi connectivity index (χ2v) is 4.96. The SMILES string of the molecule is CCCN(CC1CCCN1)C(=O)c1ccc[nH]c1=O. The maximum atomic E-state index is 12.4. The molecular formula is C14H21N3O2. The Morgan fingerprint density at radius 2 is 2.37 bits per heavy atom. The lowest BCUT2D eigenvalue weighted by Crippen LogP contribution is -2.43. The molecule has 0 spiro atoms. The highest BCUT2D eigenvalue weighted by molar-refractivity contribution is 5.93. The number of carbonyl (C=O) groups is 1. The van der Waals surface area contributed by atoms with Gasteiger partial charge in [-0.3, -0.25) is 9.59 Å². The molecule has 0 saturated carbocycles. The number of aromatic amines is 1. The van der Waals surface area contributed by atoms with E-state index in [-0.39, 0.29) is 17.0 Å². The highest BCUT2D eigenvalue weighted by Gasteiger charge is 2.23. The summed E-state index contributed by atoms with van der Waals surface area (Å²) in [6, 6.07) is 3.64. The lowest BCUT2D eigenvalue weighted by molar-refractivity contribution is 0.0740. The van der Waals surface area contributed by atoms with Gasteiger partial charge < -0.3 is 15.2 Å². The average Bonchev–Trinajstić information content (AvgIpc) is 2.91. The first kappa shape index (κ1) is 13.8. The lowest BCUT2D eigenvalue weighted by Gasteiger charge is -2.25. The van der Waals surface area contributed by atoms with E-state index < -0.39 is 0 Å². The molecule has 0 radical (unpaired) electrons. The Hall–Kier alpha value is -1.62. The van der Waals surface area contributed by atoms with Gasteiger partial charge in [-0.25, -0.2) is 0 Å². The normalized spacial score (nSPS) is 18.5. The first-order valence-electron chi connectivity index (χ1n) is 6.92. The molecule has 1 amide bonds. The Morgan fingerprint density at radius 1 is 1.53 bits per heavy atom. The van der Waals surface area contributed by atoms with E-state index in [1.54, 1.807) is 23.2 Å². The number of amides is 1. The van der Waals surface area contributed by atoms with Crippen LogP contribution < -0.4 is 10.9 Å². The van der Waals surface area contributed by atoms with Gasteiger partial charge in [-0.15, -0.1) is 0 Å². The summed E-state index contributed by atoms with van der Waals surface area (Å²) in [6.07, 6.45) is 4.69. The second kappa shape index (κ2) is 6.52. The van der Waals surface area contributed by atoms with Gasteiger partial charge in [-0.1, -0.05) is 6.92 Å². The molecule has 104 valence electrons. The summed E-state index contributed by atoms with van der Waals surface area (Å²) < 4.78 is 0. The Labute approximate surface area is 113 Å². The van der Waals surface area contributed by atoms with Crippen LogP contribution in [0.15, 0.2) is 23.1 Å². The summed E-state index contributed by atoms with van der Waals surface area (Å²) in [5.41, 5.74) is -0.0815. The molecule has 1 atom stereocenters. The molecule has 5 nitrogen and oxygen atoms in total. The van der Waals surface area contributed by atoms with Gasteiger partial charge in [-0.05, 0) is 37.9 Å². The van der Waals surface area contributed by atoms with Crippen molar-refractivity contribution in [3.8, 4) is 0 Å². The molecular weight excluding hydrogens is 242 g/mol. The summed E-state index contributed by atoms with van der Waals surface area (Å²) >= 11 is 0. The van der Waals surface area contributed by atoms with Crippen LogP contribution in [-0.4, -0.2) is 41.5 Å². The minimum absolute atomic E-state index is 0.169. The van der Waals surface area contributed by atoms with E-state index in [1.165, 1.54) is 0 Å². The first-order valence-corrected chi connectivity index (χ1v) is 6.92. The molecule has 2 rings (SSSR count). The highest BCUT2D eigenvalue weighted by Crippen LogP contribution is 2.09. The molecule has 1 aliphatic rings. The van der Waals surface area contributed by atoms with Gasteiger partial charge >= 0.3 is 0 Å². The van der Waals surface area contributed by atoms with Crippen molar-refractivity contribution < 1.29 is 4.79 Å². The maximum absolute atomic E-state index is 12.4. The van der Waals surface area contributed by atoms with Crippen LogP contribution in [0.4, 0.5) is 0 Å². The number of pyridine rings is 1. The van der Waals surface area contributed by atoms with Gasteiger partial charge in [0.2, 0.25) is 0 Å². The third-order valence-electron chi connectivity index (χ3n) is 3.43. The van der Waals surface area contributed by atoms with Crippen LogP contribution in [0.5, 0.6) is 0 Å². The fourth-order valence-corrected chi connectivity index (χ4v) is 2.48. The second-order valence-electron chi connectivity index (χ2n) is 4.96. The van der Waals surface area contributed by atoms with Gasteiger partial charge in [0, 0.05) is 25.3 Å². The third kappa shape index (κ3) is 3.44. The summed E-state index contributed by atoms with van der Waals surface area (Å²) in [5.74, 6) is -0.169. The van der Waals surface area contributed by atoms with Gasteiger partial charge in [0.05, 0.1) is 0 Å². The van der Waals surface area contributed by atoms with Crippen molar-refractivity contribution in [2.45, 2.75) is 32.2 Å². The number of nitrogens with zero attached hydrogens (tertiary/aromatic N) is 1. The first-order chi connectivity index (χ1) is 9.22. The molecule has 1 aromatic rings. The molecule has 0 bridgehead atoms. The van der Waals surface area contributed by atoms with Crippen LogP contribution in [0.2, 0.25) is 0 Å². The van der Waals surface area contributed by atoms with Crippen molar-refractivity contribution in [3.63, 3.8) is 0 Å². The van der Waals surface area contributed by atoms with Crippen molar-refractivity contribution >= 4 is 5.91 Å². The van der Waals surface area contributed by atoms with Crippen LogP contribution in [0, 0.1) is 0 Å². The number of rotatable bonds is 5. The fourth-order valence-electron chi connectivity index (χ4n) is 2.48. The summed E-state index contributed by atoms with van der Waals surface area (Å²) in [5, 5.41) is 3.39. The minimum atomic E-state index is -0.312. The predicted molar refractivity (Wildman–Crippen MR) is 74.3 cm³/mol. The number of carbonyl (C=O) groups excluding carboxylic acids is 1. The van der Waals surface area contributed by atoms with Gasteiger partial charge in [0.15, 0.2) is 0 Å². The zero-order valence-electron chi connectivity index (χ0n) is 11.3. The van der Waals surface area contributed by atoms with E-state index in [9.17, 15) is 9.59 Å². The standard InChI is InChI=1S/C14H21N3O2/c1-2-9-17(10-11-5-3-7-15-11)14(19)12-6-4-8-16-13(12)18/h4,6,8,11,15H,2-3,5,7,9-10H2,1H3,(H,16,18). The third-order valence-corrected chi connectivity index (χ3v) is 3.43. The van der Waals surface area contributed by atoms with E-state index >= 15 is 0 Å². The molecule has 0 aliphatic carbocycles. The molecule has 1 fully saturated rings. The molecule has 1 aromatic heterocycles. The number of hydrogen-bond acceptors (Lipinski definition) is 3. The van der Waals surface area contributed by atoms with Crippen molar-refractivity contribution in [2.24, 2.45) is 0 Å². The smallest absolute Gasteiger partial charge is 0.260 e. The molecule has 2 N–H and O–H groups in total. The zero-order chi connectivity index (χ0) is 13.7. The van der Waals surface area contributed by atoms with E-state index in [2.05, 4.69) is 10.3 Å². The number of H-pyrrole nitrogens is 1. The molecule has 2 heterocycles. The van der Waals surface area contributed by atoms with Gasteiger partial charge in [0.1, 0.15) is 5.56 Å². The molecule has 19 heavy (non-hydrogen) atoms. The van der Waals surface area contributed by atoms with Gasteiger partial charge in [-0.2, -0.15) is 0 Å². The predicted octanol–water partition coefficient (Wildman–Crippen LogP) is 0.979. The molecule has 5 heteroatoms. The molecule has 1 saturated heterocycles. The molecule has 0 aromatic carbocycles. The van der Waals surface area contributed by atoms with Crippen molar-refractivity contribution in [1.82, 2.24) is 15.2 Å². The summed E-state index contributed by atoms with van der Waals surface area (Å²) in [4.78, 5) is 28.4. The van der Waals surface area contributed by atoms with Crippen molar-refractivity contribution in [3.05, 3.63) is 34.2 Å². The minimum Gasteiger partial charge on any atom is -0.337 e. The monoisotopic (exact) mass is 263 g/mol. The average molecular weight is 263 g/mol. The Morgan fingerprint density at radius 3 is 3.00 bits per heavy atom. The summed E-state index contributed by atoms with van der Waals surface area (Å²) in [6.45, 7) is 4.43. The van der Waals surface area contributed by atoms with E-state index in [4.69, 9.17) is 0 Å². The van der Waals surface area contributed by atoms with Gasteiger partial charge in [0.25, 0.3) is 11.5 Å². The summed E-state index contributed by atoms with van der Waals surface area (Å²) in [7, 11) is 0. The fraction of sp³-hybridized carbons (Fsp3) is 0.571. The van der Waals surface area contributed by atoms with Crippen LogP contribution in [0.25, 0.3) is 0 Å². The molecule has 1 unspecified atom stereocenters. The maximum Gasteiger partial charge on any atom is 0.260 e. The number of aromatic nitrogens is 1. The number of hydrogen-bond donors (Lipinski definition) is 2.